The van der Waals surface area contributed by atoms with Crippen molar-refractivity contribution in [3.63, 3.8) is 0 Å². The van der Waals surface area contributed by atoms with E-state index in [0.29, 0.717) is 6.67 Å². The molecule has 0 saturated heterocycles. The predicted octanol–water partition coefficient (Wildman–Crippen LogP) is 14.6. The Balaban J connectivity index is 1.08. The van der Waals surface area contributed by atoms with Crippen molar-refractivity contribution >= 4 is 44.6 Å². The quantitative estimate of drug-likeness (QED) is 0.154. The number of nitrogens with zero attached hydrogens (tertiary/aromatic N) is 4. The number of benzene rings is 6. The summed E-state index contributed by atoms with van der Waals surface area (Å²) in [5.74, 6) is 2.71. The third kappa shape index (κ3) is 6.66. The van der Waals surface area contributed by atoms with E-state index in [1.807, 2.05) is 24.4 Å². The number of para-hydroxylation sites is 3. The first kappa shape index (κ1) is 37.2. The zero-order valence-corrected chi connectivity index (χ0v) is 34.3. The summed E-state index contributed by atoms with van der Waals surface area (Å²) < 4.78 is 22.9. The molecule has 1 aliphatic rings. The highest BCUT2D eigenvalue weighted by atomic mass is 19.1. The molecule has 3 heterocycles. The Kier molecular flexibility index (Phi) is 9.31. The molecule has 0 radical (unpaired) electrons. The van der Waals surface area contributed by atoms with Gasteiger partial charge in [-0.1, -0.05) is 97.0 Å². The fraction of sp³-hybridized carbons (Fsp3) is 0.212. The van der Waals surface area contributed by atoms with Gasteiger partial charge in [-0.25, -0.2) is 9.37 Å². The lowest BCUT2D eigenvalue weighted by molar-refractivity contribution is 0.483. The molecule has 290 valence electrons. The predicted molar refractivity (Wildman–Crippen MR) is 239 cm³/mol. The topological polar surface area (TPSA) is 33.5 Å². The van der Waals surface area contributed by atoms with E-state index in [1.165, 1.54) is 27.8 Å². The SMILES string of the molecule is CC(C)c1cc(-c2ccc(F)cc2)cc(C(C)C)c1N1CN(c2cccc(Oc3ccc4c5ccccc5n(-c5cc(C(C)(C)C)ccn5)c4c3)c2)c2ccccc21. The minimum atomic E-state index is -0.225. The first-order valence-corrected chi connectivity index (χ1v) is 20.3. The summed E-state index contributed by atoms with van der Waals surface area (Å²) in [6.45, 7) is 16.4. The summed E-state index contributed by atoms with van der Waals surface area (Å²) in [6.07, 6.45) is 1.91. The molecule has 0 amide bonds. The van der Waals surface area contributed by atoms with Crippen molar-refractivity contribution in [3.05, 3.63) is 168 Å². The standard InChI is InChI=1S/C52H49FN4O/c1-33(2)44-27-36(35-19-21-38(53)22-20-35)28-45(34(3)4)51(44)56-32-55(47-17-10-11-18-48(47)56)39-13-12-14-40(30-39)58-41-23-24-43-42-15-8-9-16-46(42)57(49(43)31-41)50-29-37(25-26-54-50)52(5,6)7/h8-31,33-34H,32H2,1-7H3. The molecule has 0 saturated carbocycles. The number of pyridine rings is 1. The second kappa shape index (κ2) is 14.5. The number of rotatable bonds is 8. The summed E-state index contributed by atoms with van der Waals surface area (Å²) in [5, 5.41) is 2.33. The van der Waals surface area contributed by atoms with Gasteiger partial charge in [-0.05, 0) is 124 Å². The van der Waals surface area contributed by atoms with Crippen LogP contribution in [0.1, 0.15) is 77.0 Å². The molecule has 0 atom stereocenters. The van der Waals surface area contributed by atoms with Crippen LogP contribution < -0.4 is 14.5 Å². The molecule has 6 heteroatoms. The van der Waals surface area contributed by atoms with E-state index in [2.05, 4.69) is 172 Å². The van der Waals surface area contributed by atoms with Gasteiger partial charge in [0.25, 0.3) is 0 Å². The van der Waals surface area contributed by atoms with Gasteiger partial charge in [-0.15, -0.1) is 0 Å². The van der Waals surface area contributed by atoms with E-state index in [-0.39, 0.29) is 23.1 Å². The largest absolute Gasteiger partial charge is 0.457 e. The number of anilines is 4. The molecule has 0 N–H and O–H groups in total. The maximum Gasteiger partial charge on any atom is 0.137 e. The highest BCUT2D eigenvalue weighted by Gasteiger charge is 2.32. The maximum atomic E-state index is 13.9. The van der Waals surface area contributed by atoms with Crippen LogP contribution in [0.15, 0.2) is 146 Å². The van der Waals surface area contributed by atoms with Crippen LogP contribution in [-0.2, 0) is 5.41 Å². The van der Waals surface area contributed by atoms with Crippen molar-refractivity contribution in [1.82, 2.24) is 9.55 Å². The van der Waals surface area contributed by atoms with E-state index in [0.717, 1.165) is 61.9 Å². The van der Waals surface area contributed by atoms with Gasteiger partial charge in [-0.3, -0.25) is 4.57 Å². The number of hydrogen-bond acceptors (Lipinski definition) is 4. The summed E-state index contributed by atoms with van der Waals surface area (Å²) in [4.78, 5) is 9.71. The van der Waals surface area contributed by atoms with Crippen LogP contribution in [0.25, 0.3) is 38.8 Å². The van der Waals surface area contributed by atoms with Crippen molar-refractivity contribution in [1.29, 1.82) is 0 Å². The summed E-state index contributed by atoms with van der Waals surface area (Å²) in [6, 6.07) is 47.7. The van der Waals surface area contributed by atoms with Crippen LogP contribution in [0.2, 0.25) is 0 Å². The summed E-state index contributed by atoms with van der Waals surface area (Å²) >= 11 is 0. The molecule has 0 aliphatic carbocycles. The number of ether oxygens (including phenoxy) is 1. The van der Waals surface area contributed by atoms with Crippen molar-refractivity contribution in [2.45, 2.75) is 65.7 Å². The van der Waals surface area contributed by atoms with Gasteiger partial charge in [0, 0.05) is 40.5 Å². The third-order valence-electron chi connectivity index (χ3n) is 11.5. The van der Waals surface area contributed by atoms with Crippen LogP contribution in [0, 0.1) is 5.82 Å². The second-order valence-corrected chi connectivity index (χ2v) is 17.1. The Morgan fingerprint density at radius 3 is 1.97 bits per heavy atom. The molecule has 9 rings (SSSR count). The monoisotopic (exact) mass is 764 g/mol. The number of halogens is 1. The lowest BCUT2D eigenvalue weighted by atomic mass is 9.87. The Morgan fingerprint density at radius 1 is 0.603 bits per heavy atom. The van der Waals surface area contributed by atoms with Crippen LogP contribution in [0.3, 0.4) is 0 Å². The van der Waals surface area contributed by atoms with E-state index >= 15 is 0 Å². The first-order chi connectivity index (χ1) is 27.9. The Bertz CT molecular complexity index is 2780. The normalized spacial score (nSPS) is 13.0. The molecule has 5 nitrogen and oxygen atoms in total. The zero-order chi connectivity index (χ0) is 40.3. The fourth-order valence-corrected chi connectivity index (χ4v) is 8.43. The van der Waals surface area contributed by atoms with Crippen molar-refractivity contribution < 1.29 is 9.13 Å². The fourth-order valence-electron chi connectivity index (χ4n) is 8.43. The number of hydrogen-bond donors (Lipinski definition) is 0. The van der Waals surface area contributed by atoms with Crippen LogP contribution in [-0.4, -0.2) is 16.2 Å². The van der Waals surface area contributed by atoms with Gasteiger partial charge in [0.15, 0.2) is 0 Å². The Morgan fingerprint density at radius 2 is 1.26 bits per heavy atom. The van der Waals surface area contributed by atoms with E-state index in [9.17, 15) is 4.39 Å². The molecule has 1 aliphatic heterocycles. The zero-order valence-electron chi connectivity index (χ0n) is 34.3. The molecule has 58 heavy (non-hydrogen) atoms. The third-order valence-corrected chi connectivity index (χ3v) is 11.5. The van der Waals surface area contributed by atoms with Gasteiger partial charge in [-0.2, -0.15) is 0 Å². The average molecular weight is 765 g/mol. The molecule has 0 bridgehead atoms. The highest BCUT2D eigenvalue weighted by Crippen LogP contribution is 2.50. The first-order valence-electron chi connectivity index (χ1n) is 20.3. The van der Waals surface area contributed by atoms with Crippen molar-refractivity contribution in [2.24, 2.45) is 0 Å². The Labute approximate surface area is 341 Å². The minimum Gasteiger partial charge on any atom is -0.457 e. The van der Waals surface area contributed by atoms with Crippen molar-refractivity contribution in [3.8, 4) is 28.4 Å². The maximum absolute atomic E-state index is 13.9. The van der Waals surface area contributed by atoms with Crippen LogP contribution in [0.5, 0.6) is 11.5 Å². The molecule has 8 aromatic rings. The van der Waals surface area contributed by atoms with Crippen LogP contribution in [0.4, 0.5) is 27.1 Å². The molecular formula is C52H49FN4O. The van der Waals surface area contributed by atoms with Gasteiger partial charge in [0.05, 0.1) is 22.4 Å². The van der Waals surface area contributed by atoms with E-state index in [4.69, 9.17) is 9.72 Å². The van der Waals surface area contributed by atoms with Gasteiger partial charge < -0.3 is 14.5 Å². The lowest BCUT2D eigenvalue weighted by Crippen LogP contribution is -2.26. The van der Waals surface area contributed by atoms with Crippen molar-refractivity contribution in [2.75, 3.05) is 16.5 Å². The van der Waals surface area contributed by atoms with Crippen LogP contribution >= 0.6 is 0 Å². The molecule has 0 fully saturated rings. The lowest BCUT2D eigenvalue weighted by Gasteiger charge is -2.30. The summed E-state index contributed by atoms with van der Waals surface area (Å²) in [5.41, 5.74) is 12.6. The molecule has 0 spiro atoms. The van der Waals surface area contributed by atoms with Gasteiger partial charge in [0.1, 0.15) is 29.8 Å². The van der Waals surface area contributed by atoms with Gasteiger partial charge in [0.2, 0.25) is 0 Å². The smallest absolute Gasteiger partial charge is 0.137 e. The molecule has 2 aromatic heterocycles. The number of aromatic nitrogens is 2. The highest BCUT2D eigenvalue weighted by molar-refractivity contribution is 6.09. The average Bonchev–Trinajstić information content (AvgIpc) is 3.76. The molecular weight excluding hydrogens is 716 g/mol. The van der Waals surface area contributed by atoms with E-state index in [1.54, 1.807) is 12.1 Å². The molecule has 0 unspecified atom stereocenters. The van der Waals surface area contributed by atoms with Gasteiger partial charge >= 0.3 is 0 Å². The Hall–Kier alpha value is -6.40. The summed E-state index contributed by atoms with van der Waals surface area (Å²) in [7, 11) is 0. The van der Waals surface area contributed by atoms with E-state index < -0.39 is 0 Å². The minimum absolute atomic E-state index is 0.00806. The number of fused-ring (bicyclic) bond motifs is 4. The second-order valence-electron chi connectivity index (χ2n) is 17.1. The molecule has 6 aromatic carbocycles.